The smallest absolute Gasteiger partial charge is 0.256 e. The molecule has 1 saturated heterocycles. The van der Waals surface area contributed by atoms with Crippen LogP contribution in [0.25, 0.3) is 0 Å². The number of hydrogen-bond donors (Lipinski definition) is 0. The first-order valence-electron chi connectivity index (χ1n) is 8.01. The molecule has 0 radical (unpaired) electrons. The van der Waals surface area contributed by atoms with Gasteiger partial charge < -0.3 is 5.21 Å². The molecule has 0 spiro atoms. The van der Waals surface area contributed by atoms with Crippen LogP contribution in [0.15, 0.2) is 60.7 Å². The van der Waals surface area contributed by atoms with Crippen LogP contribution in [0.2, 0.25) is 0 Å². The average Bonchev–Trinajstić information content (AvgIpc) is 2.91. The summed E-state index contributed by atoms with van der Waals surface area (Å²) in [5, 5.41) is 13.3. The van der Waals surface area contributed by atoms with Gasteiger partial charge in [0, 0.05) is 24.1 Å². The minimum absolute atomic E-state index is 0.509. The van der Waals surface area contributed by atoms with Gasteiger partial charge in [0.25, 0.3) is 5.66 Å². The molecule has 2 aromatic rings. The molecule has 3 heteroatoms. The van der Waals surface area contributed by atoms with Crippen LogP contribution in [0.4, 0.5) is 0 Å². The average molecular weight is 292 g/mol. The number of nitrogens with zero attached hydrogens (tertiary/aromatic N) is 2. The van der Waals surface area contributed by atoms with Gasteiger partial charge in [0.2, 0.25) is 5.71 Å². The minimum Gasteiger partial charge on any atom is -0.622 e. The van der Waals surface area contributed by atoms with Gasteiger partial charge in [0.15, 0.2) is 0 Å². The molecule has 22 heavy (non-hydrogen) atoms. The Hall–Kier alpha value is -2.13. The molecule has 0 N–H and O–H groups in total. The van der Waals surface area contributed by atoms with E-state index in [1.807, 2.05) is 48.5 Å². The zero-order valence-electron chi connectivity index (χ0n) is 12.6. The van der Waals surface area contributed by atoms with Crippen molar-refractivity contribution in [3.05, 3.63) is 77.0 Å². The van der Waals surface area contributed by atoms with Crippen molar-refractivity contribution in [1.29, 1.82) is 0 Å². The third-order valence-electron chi connectivity index (χ3n) is 4.99. The number of benzene rings is 2. The first-order chi connectivity index (χ1) is 10.8. The normalized spacial score (nSPS) is 25.3. The highest BCUT2D eigenvalue weighted by molar-refractivity contribution is 5.99. The third kappa shape index (κ3) is 1.89. The molecule has 2 aliphatic heterocycles. The summed E-state index contributed by atoms with van der Waals surface area (Å²) in [7, 11) is 0. The summed E-state index contributed by atoms with van der Waals surface area (Å²) in [5.41, 5.74) is 2.55. The Bertz CT molecular complexity index is 696. The molecule has 1 atom stereocenters. The summed E-state index contributed by atoms with van der Waals surface area (Å²) in [6, 6.07) is 20.3. The van der Waals surface area contributed by atoms with Gasteiger partial charge in [-0.1, -0.05) is 48.5 Å². The molecule has 0 aromatic heterocycles. The number of hydrogen-bond acceptors (Lipinski definition) is 2. The van der Waals surface area contributed by atoms with Crippen molar-refractivity contribution < 1.29 is 4.74 Å². The Balaban J connectivity index is 1.88. The zero-order chi connectivity index (χ0) is 15.0. The van der Waals surface area contributed by atoms with Crippen LogP contribution in [0.5, 0.6) is 0 Å². The van der Waals surface area contributed by atoms with Crippen LogP contribution in [-0.2, 0) is 5.66 Å². The van der Waals surface area contributed by atoms with Crippen LogP contribution >= 0.6 is 0 Å². The number of rotatable bonds is 2. The van der Waals surface area contributed by atoms with Crippen LogP contribution < -0.4 is 0 Å². The van der Waals surface area contributed by atoms with E-state index in [9.17, 15) is 5.21 Å². The summed E-state index contributed by atoms with van der Waals surface area (Å²) in [5.74, 6) is 0. The van der Waals surface area contributed by atoms with Crippen LogP contribution in [0, 0.1) is 5.21 Å². The Morgan fingerprint density at radius 3 is 2.32 bits per heavy atom. The van der Waals surface area contributed by atoms with Crippen molar-refractivity contribution in [3.8, 4) is 0 Å². The summed E-state index contributed by atoms with van der Waals surface area (Å²) >= 11 is 0. The van der Waals surface area contributed by atoms with Gasteiger partial charge in [-0.25, -0.2) is 4.90 Å². The molecule has 2 heterocycles. The van der Waals surface area contributed by atoms with Gasteiger partial charge in [-0.3, -0.25) is 0 Å². The van der Waals surface area contributed by atoms with E-state index in [-0.39, 0.29) is 0 Å². The standard InChI is InChI=1S/C19H20N2O/c22-21-18(16-9-3-1-4-10-16)15-20-14-8-7-13-19(20,21)17-11-5-2-6-12-17/h1-6,9-12H,7-8,13-15H2. The molecule has 1 fully saturated rings. The van der Waals surface area contributed by atoms with E-state index in [2.05, 4.69) is 17.0 Å². The third-order valence-corrected chi connectivity index (χ3v) is 4.99. The lowest BCUT2D eigenvalue weighted by molar-refractivity contribution is -0.583. The Labute approximate surface area is 131 Å². The van der Waals surface area contributed by atoms with Crippen molar-refractivity contribution in [2.45, 2.75) is 24.9 Å². The van der Waals surface area contributed by atoms with Crippen molar-refractivity contribution >= 4 is 5.71 Å². The van der Waals surface area contributed by atoms with E-state index in [1.165, 1.54) is 11.2 Å². The molecule has 2 aromatic carbocycles. The molecule has 4 rings (SSSR count). The second-order valence-corrected chi connectivity index (χ2v) is 6.17. The van der Waals surface area contributed by atoms with E-state index in [4.69, 9.17) is 0 Å². The van der Waals surface area contributed by atoms with E-state index >= 15 is 0 Å². The quantitative estimate of drug-likeness (QED) is 0.627. The first-order valence-corrected chi connectivity index (χ1v) is 8.01. The fraction of sp³-hybridized carbons (Fsp3) is 0.316. The highest BCUT2D eigenvalue weighted by Gasteiger charge is 2.54. The van der Waals surface area contributed by atoms with Crippen LogP contribution in [0.1, 0.15) is 30.4 Å². The minimum atomic E-state index is -0.509. The molecule has 0 saturated carbocycles. The van der Waals surface area contributed by atoms with Gasteiger partial charge >= 0.3 is 0 Å². The maximum atomic E-state index is 13.3. The molecular weight excluding hydrogens is 272 g/mol. The lowest BCUT2D eigenvalue weighted by Gasteiger charge is -2.39. The molecule has 1 unspecified atom stereocenters. The fourth-order valence-corrected chi connectivity index (χ4v) is 3.91. The molecule has 0 bridgehead atoms. The van der Waals surface area contributed by atoms with E-state index < -0.39 is 5.66 Å². The predicted octanol–water partition coefficient (Wildman–Crippen LogP) is 3.34. The molecule has 0 amide bonds. The summed E-state index contributed by atoms with van der Waals surface area (Å²) in [4.78, 5) is 2.36. The topological polar surface area (TPSA) is 29.3 Å². The van der Waals surface area contributed by atoms with E-state index in [0.717, 1.165) is 42.8 Å². The summed E-state index contributed by atoms with van der Waals surface area (Å²) < 4.78 is 1.29. The Morgan fingerprint density at radius 2 is 1.59 bits per heavy atom. The number of fused-ring (bicyclic) bond motifs is 1. The van der Waals surface area contributed by atoms with Gasteiger partial charge in [0.1, 0.15) is 0 Å². The van der Waals surface area contributed by atoms with Crippen molar-refractivity contribution in [2.24, 2.45) is 0 Å². The fourth-order valence-electron chi connectivity index (χ4n) is 3.91. The van der Waals surface area contributed by atoms with Gasteiger partial charge in [-0.05, 0) is 25.0 Å². The predicted molar refractivity (Wildman–Crippen MR) is 87.7 cm³/mol. The molecule has 112 valence electrons. The van der Waals surface area contributed by atoms with Gasteiger partial charge in [-0.15, -0.1) is 0 Å². The zero-order valence-corrected chi connectivity index (χ0v) is 12.6. The highest BCUT2D eigenvalue weighted by Crippen LogP contribution is 2.41. The Morgan fingerprint density at radius 1 is 0.909 bits per heavy atom. The molecular formula is C19H20N2O. The van der Waals surface area contributed by atoms with Crippen LogP contribution in [0.3, 0.4) is 0 Å². The largest absolute Gasteiger partial charge is 0.622 e. The number of hydroxylamine groups is 1. The molecule has 2 aliphatic rings. The Kier molecular flexibility index (Phi) is 3.23. The first kappa shape index (κ1) is 13.5. The van der Waals surface area contributed by atoms with E-state index in [0.29, 0.717) is 0 Å². The van der Waals surface area contributed by atoms with Gasteiger partial charge in [-0.2, -0.15) is 4.74 Å². The molecule has 0 aliphatic carbocycles. The van der Waals surface area contributed by atoms with Crippen molar-refractivity contribution in [1.82, 2.24) is 4.90 Å². The SMILES string of the molecule is [O-][N+]1=C(c2ccccc2)CN2CCCCC21c1ccccc1. The maximum Gasteiger partial charge on any atom is 0.256 e. The van der Waals surface area contributed by atoms with Gasteiger partial charge in [0.05, 0.1) is 6.54 Å². The maximum absolute atomic E-state index is 13.3. The van der Waals surface area contributed by atoms with Crippen molar-refractivity contribution in [2.75, 3.05) is 13.1 Å². The summed E-state index contributed by atoms with van der Waals surface area (Å²) in [6.45, 7) is 1.73. The summed E-state index contributed by atoms with van der Waals surface area (Å²) in [6.07, 6.45) is 3.17. The molecule has 3 nitrogen and oxygen atoms in total. The monoisotopic (exact) mass is 292 g/mol. The second-order valence-electron chi connectivity index (χ2n) is 6.17. The lowest BCUT2D eigenvalue weighted by atomic mass is 9.89. The lowest BCUT2D eigenvalue weighted by Crippen LogP contribution is -2.50. The highest BCUT2D eigenvalue weighted by atomic mass is 16.5. The second kappa shape index (κ2) is 5.25. The van der Waals surface area contributed by atoms with Crippen molar-refractivity contribution in [3.63, 3.8) is 0 Å². The van der Waals surface area contributed by atoms with Crippen LogP contribution in [-0.4, -0.2) is 28.4 Å². The number of piperidine rings is 1. The van der Waals surface area contributed by atoms with E-state index in [1.54, 1.807) is 0 Å².